The molecule has 3 heteroatoms. The molecule has 1 aromatic carbocycles. The summed E-state index contributed by atoms with van der Waals surface area (Å²) in [6.45, 7) is 11.0. The Hall–Kier alpha value is -0.730. The third kappa shape index (κ3) is 4.57. The van der Waals surface area contributed by atoms with Crippen LogP contribution in [0, 0.1) is 19.8 Å². The van der Waals surface area contributed by atoms with Crippen molar-refractivity contribution in [3.05, 3.63) is 28.3 Å². The van der Waals surface area contributed by atoms with Crippen LogP contribution < -0.4 is 10.1 Å². The normalized spacial score (nSPS) is 12.5. The van der Waals surface area contributed by atoms with Gasteiger partial charge < -0.3 is 10.1 Å². The van der Waals surface area contributed by atoms with Crippen LogP contribution in [-0.2, 0) is 0 Å². The van der Waals surface area contributed by atoms with Gasteiger partial charge in [-0.15, -0.1) is 0 Å². The molecule has 2 nitrogen and oxygen atoms in total. The fourth-order valence-corrected chi connectivity index (χ4v) is 1.79. The van der Waals surface area contributed by atoms with Gasteiger partial charge in [-0.05, 0) is 43.7 Å². The average molecular weight is 256 g/mol. The summed E-state index contributed by atoms with van der Waals surface area (Å²) in [5.41, 5.74) is 2.14. The largest absolute Gasteiger partial charge is 0.493 e. The molecule has 0 radical (unpaired) electrons. The van der Waals surface area contributed by atoms with E-state index in [9.17, 15) is 0 Å². The first-order valence-electron chi connectivity index (χ1n) is 6.14. The molecule has 1 N–H and O–H groups in total. The van der Waals surface area contributed by atoms with E-state index in [1.807, 2.05) is 26.0 Å². The molecular formula is C14H22ClNO. The molecule has 1 unspecified atom stereocenters. The minimum Gasteiger partial charge on any atom is -0.493 e. The Balaban J connectivity index is 2.52. The Bertz CT molecular complexity index is 342. The Morgan fingerprint density at radius 2 is 1.88 bits per heavy atom. The molecule has 0 saturated carbocycles. The van der Waals surface area contributed by atoms with Crippen molar-refractivity contribution in [3.63, 3.8) is 0 Å². The van der Waals surface area contributed by atoms with E-state index < -0.39 is 0 Å². The third-order valence-electron chi connectivity index (χ3n) is 2.69. The maximum absolute atomic E-state index is 6.12. The van der Waals surface area contributed by atoms with Crippen molar-refractivity contribution in [1.82, 2.24) is 5.32 Å². The lowest BCUT2D eigenvalue weighted by atomic mass is 10.1. The van der Waals surface area contributed by atoms with Crippen LogP contribution in [0.25, 0.3) is 0 Å². The van der Waals surface area contributed by atoms with E-state index in [1.54, 1.807) is 0 Å². The van der Waals surface area contributed by atoms with Crippen molar-refractivity contribution in [2.75, 3.05) is 19.7 Å². The Morgan fingerprint density at radius 3 is 2.41 bits per heavy atom. The number of hydrogen-bond donors (Lipinski definition) is 1. The van der Waals surface area contributed by atoms with E-state index in [2.05, 4.69) is 19.2 Å². The minimum atomic E-state index is 0.506. The lowest BCUT2D eigenvalue weighted by Gasteiger charge is -2.14. The molecule has 0 aliphatic heterocycles. The molecule has 0 saturated heterocycles. The van der Waals surface area contributed by atoms with Gasteiger partial charge in [-0.25, -0.2) is 0 Å². The monoisotopic (exact) mass is 255 g/mol. The van der Waals surface area contributed by atoms with Crippen LogP contribution in [0.5, 0.6) is 5.75 Å². The van der Waals surface area contributed by atoms with Crippen LogP contribution in [0.2, 0.25) is 5.02 Å². The van der Waals surface area contributed by atoms with E-state index in [4.69, 9.17) is 16.3 Å². The van der Waals surface area contributed by atoms with Gasteiger partial charge in [-0.2, -0.15) is 0 Å². The van der Waals surface area contributed by atoms with Crippen LogP contribution in [0.1, 0.15) is 25.0 Å². The highest BCUT2D eigenvalue weighted by molar-refractivity contribution is 6.32. The fourth-order valence-electron chi connectivity index (χ4n) is 1.68. The quantitative estimate of drug-likeness (QED) is 0.839. The summed E-state index contributed by atoms with van der Waals surface area (Å²) in [4.78, 5) is 0. The second-order valence-corrected chi connectivity index (χ2v) is 4.97. The summed E-state index contributed by atoms with van der Waals surface area (Å²) >= 11 is 6.12. The number of hydrogen-bond acceptors (Lipinski definition) is 2. The van der Waals surface area contributed by atoms with Crippen molar-refractivity contribution in [2.45, 2.75) is 27.7 Å². The molecule has 0 bridgehead atoms. The first-order valence-corrected chi connectivity index (χ1v) is 6.52. The van der Waals surface area contributed by atoms with E-state index in [0.717, 1.165) is 41.6 Å². The van der Waals surface area contributed by atoms with E-state index >= 15 is 0 Å². The first kappa shape index (κ1) is 14.3. The van der Waals surface area contributed by atoms with Crippen LogP contribution in [-0.4, -0.2) is 19.7 Å². The zero-order chi connectivity index (χ0) is 12.8. The highest BCUT2D eigenvalue weighted by Crippen LogP contribution is 2.26. The lowest BCUT2D eigenvalue weighted by Crippen LogP contribution is -2.24. The number of rotatable bonds is 6. The molecule has 1 aromatic rings. The van der Waals surface area contributed by atoms with Gasteiger partial charge >= 0.3 is 0 Å². The third-order valence-corrected chi connectivity index (χ3v) is 3.28. The smallest absolute Gasteiger partial charge is 0.119 e. The highest BCUT2D eigenvalue weighted by atomic mass is 35.5. The van der Waals surface area contributed by atoms with Gasteiger partial charge in [-0.3, -0.25) is 0 Å². The molecule has 17 heavy (non-hydrogen) atoms. The number of halogens is 1. The Kier molecular flexibility index (Phi) is 5.79. The number of aryl methyl sites for hydroxylation is 2. The van der Waals surface area contributed by atoms with Crippen LogP contribution in [0.3, 0.4) is 0 Å². The molecule has 0 aliphatic rings. The summed E-state index contributed by atoms with van der Waals surface area (Å²) in [7, 11) is 0. The number of benzene rings is 1. The van der Waals surface area contributed by atoms with Gasteiger partial charge in [-0.1, -0.05) is 25.4 Å². The summed E-state index contributed by atoms with van der Waals surface area (Å²) in [5.74, 6) is 1.42. The van der Waals surface area contributed by atoms with Crippen molar-refractivity contribution in [2.24, 2.45) is 5.92 Å². The van der Waals surface area contributed by atoms with Crippen molar-refractivity contribution in [3.8, 4) is 5.75 Å². The lowest BCUT2D eigenvalue weighted by molar-refractivity contribution is 0.256. The average Bonchev–Trinajstić information content (AvgIpc) is 2.30. The molecule has 96 valence electrons. The van der Waals surface area contributed by atoms with Crippen molar-refractivity contribution in [1.29, 1.82) is 0 Å². The summed E-state index contributed by atoms with van der Waals surface area (Å²) in [5, 5.41) is 4.15. The van der Waals surface area contributed by atoms with Gasteiger partial charge in [0.25, 0.3) is 0 Å². The predicted molar refractivity (Wildman–Crippen MR) is 74.1 cm³/mol. The van der Waals surface area contributed by atoms with Gasteiger partial charge in [0.1, 0.15) is 5.75 Å². The first-order chi connectivity index (χ1) is 8.04. The maximum Gasteiger partial charge on any atom is 0.119 e. The van der Waals surface area contributed by atoms with Gasteiger partial charge in [0.15, 0.2) is 0 Å². The minimum absolute atomic E-state index is 0.506. The maximum atomic E-state index is 6.12. The summed E-state index contributed by atoms with van der Waals surface area (Å²) < 4.78 is 5.78. The van der Waals surface area contributed by atoms with Gasteiger partial charge in [0, 0.05) is 17.5 Å². The molecule has 0 amide bonds. The fraction of sp³-hybridized carbons (Fsp3) is 0.571. The van der Waals surface area contributed by atoms with Crippen LogP contribution >= 0.6 is 11.6 Å². The number of nitrogens with one attached hydrogen (secondary N) is 1. The molecule has 0 aromatic heterocycles. The number of ether oxygens (including phenoxy) is 1. The standard InChI is InChI=1S/C14H22ClNO/c1-5-16-8-10(2)9-17-13-6-11(3)14(15)12(4)7-13/h6-7,10,16H,5,8-9H2,1-4H3. The zero-order valence-corrected chi connectivity index (χ0v) is 11.9. The molecule has 0 aliphatic carbocycles. The molecule has 0 heterocycles. The molecule has 1 atom stereocenters. The topological polar surface area (TPSA) is 21.3 Å². The second-order valence-electron chi connectivity index (χ2n) is 4.59. The Morgan fingerprint density at radius 1 is 1.29 bits per heavy atom. The summed E-state index contributed by atoms with van der Waals surface area (Å²) in [6, 6.07) is 3.99. The van der Waals surface area contributed by atoms with Gasteiger partial charge in [0.05, 0.1) is 6.61 Å². The van der Waals surface area contributed by atoms with Crippen molar-refractivity contribution >= 4 is 11.6 Å². The van der Waals surface area contributed by atoms with E-state index in [1.165, 1.54) is 0 Å². The predicted octanol–water partition coefficient (Wildman–Crippen LogP) is 3.58. The van der Waals surface area contributed by atoms with Crippen LogP contribution in [0.15, 0.2) is 12.1 Å². The van der Waals surface area contributed by atoms with Crippen molar-refractivity contribution < 1.29 is 4.74 Å². The molecule has 0 spiro atoms. The second kappa shape index (κ2) is 6.87. The zero-order valence-electron chi connectivity index (χ0n) is 11.1. The summed E-state index contributed by atoms with van der Waals surface area (Å²) in [6.07, 6.45) is 0. The van der Waals surface area contributed by atoms with E-state index in [0.29, 0.717) is 5.92 Å². The van der Waals surface area contributed by atoms with E-state index in [-0.39, 0.29) is 0 Å². The Labute approximate surface area is 109 Å². The highest BCUT2D eigenvalue weighted by Gasteiger charge is 2.06. The SMILES string of the molecule is CCNCC(C)COc1cc(C)c(Cl)c(C)c1. The van der Waals surface area contributed by atoms with Gasteiger partial charge in [0.2, 0.25) is 0 Å². The van der Waals surface area contributed by atoms with Crippen LogP contribution in [0.4, 0.5) is 0 Å². The molecule has 1 rings (SSSR count). The molecule has 0 fully saturated rings. The molecular weight excluding hydrogens is 234 g/mol.